The van der Waals surface area contributed by atoms with Crippen LogP contribution in [0, 0.1) is 11.2 Å². The van der Waals surface area contributed by atoms with Gasteiger partial charge in [0.2, 0.25) is 0 Å². The Hall–Kier alpha value is -2.76. The van der Waals surface area contributed by atoms with E-state index in [1.54, 1.807) is 6.07 Å². The molecule has 0 aliphatic carbocycles. The Morgan fingerprint density at radius 3 is 2.67 bits per heavy atom. The summed E-state index contributed by atoms with van der Waals surface area (Å²) in [5, 5.41) is 11.8. The molecule has 5 nitrogen and oxygen atoms in total. The number of carbonyl (C=O) groups is 1. The van der Waals surface area contributed by atoms with E-state index in [9.17, 15) is 14.3 Å². The zero-order valence-electron chi connectivity index (χ0n) is 15.9. The van der Waals surface area contributed by atoms with Crippen molar-refractivity contribution in [3.05, 3.63) is 47.8 Å². The third-order valence-electron chi connectivity index (χ3n) is 4.55. The van der Waals surface area contributed by atoms with Gasteiger partial charge in [-0.1, -0.05) is 26.0 Å². The molecule has 0 saturated heterocycles. The molecule has 0 radical (unpaired) electrons. The normalized spacial score (nSPS) is 17.8. The monoisotopic (exact) mass is 373 g/mol. The second-order valence-corrected chi connectivity index (χ2v) is 7.75. The summed E-state index contributed by atoms with van der Waals surface area (Å²) in [5.41, 5.74) is 1.83. The molecule has 0 spiro atoms. The Labute approximate surface area is 158 Å². The van der Waals surface area contributed by atoms with Crippen molar-refractivity contribution < 1.29 is 23.8 Å². The molecular weight excluding hydrogens is 349 g/mol. The van der Waals surface area contributed by atoms with Gasteiger partial charge in [0.1, 0.15) is 17.3 Å². The SMILES string of the molecule is CC(C)Oc1cc(F)cc(-c2ccc3c(c2)OCC(C)(C)C3NC(=O)O)c1. The van der Waals surface area contributed by atoms with Crippen LogP contribution in [-0.2, 0) is 0 Å². The topological polar surface area (TPSA) is 67.8 Å². The van der Waals surface area contributed by atoms with Gasteiger partial charge in [-0.05, 0) is 43.2 Å². The number of halogens is 1. The highest BCUT2D eigenvalue weighted by atomic mass is 19.1. The molecule has 144 valence electrons. The van der Waals surface area contributed by atoms with Crippen molar-refractivity contribution in [1.29, 1.82) is 0 Å². The number of hydrogen-bond donors (Lipinski definition) is 2. The van der Waals surface area contributed by atoms with Crippen molar-refractivity contribution in [2.24, 2.45) is 5.41 Å². The van der Waals surface area contributed by atoms with E-state index in [0.717, 1.165) is 11.1 Å². The van der Waals surface area contributed by atoms with Crippen LogP contribution in [-0.4, -0.2) is 23.9 Å². The summed E-state index contributed by atoms with van der Waals surface area (Å²) in [7, 11) is 0. The predicted octanol–water partition coefficient (Wildman–Crippen LogP) is 5.01. The summed E-state index contributed by atoms with van der Waals surface area (Å²) in [6.07, 6.45) is -1.14. The number of ether oxygens (including phenoxy) is 2. The van der Waals surface area contributed by atoms with Gasteiger partial charge < -0.3 is 19.9 Å². The van der Waals surface area contributed by atoms with Crippen LogP contribution in [0.3, 0.4) is 0 Å². The van der Waals surface area contributed by atoms with Crippen LogP contribution < -0.4 is 14.8 Å². The molecule has 2 N–H and O–H groups in total. The third-order valence-corrected chi connectivity index (χ3v) is 4.55. The Morgan fingerprint density at radius 2 is 2.00 bits per heavy atom. The van der Waals surface area contributed by atoms with E-state index in [1.165, 1.54) is 12.1 Å². The Kier molecular flexibility index (Phi) is 5.00. The van der Waals surface area contributed by atoms with Crippen molar-refractivity contribution in [2.75, 3.05) is 6.61 Å². The van der Waals surface area contributed by atoms with Crippen LogP contribution in [0.2, 0.25) is 0 Å². The summed E-state index contributed by atoms with van der Waals surface area (Å²) >= 11 is 0. The fourth-order valence-corrected chi connectivity index (χ4v) is 3.31. The van der Waals surface area contributed by atoms with E-state index < -0.39 is 6.09 Å². The van der Waals surface area contributed by atoms with Gasteiger partial charge in [-0.2, -0.15) is 0 Å². The van der Waals surface area contributed by atoms with Gasteiger partial charge in [0.05, 0.1) is 18.8 Å². The molecule has 0 saturated carbocycles. The highest BCUT2D eigenvalue weighted by Crippen LogP contribution is 2.44. The van der Waals surface area contributed by atoms with Gasteiger partial charge in [0.15, 0.2) is 0 Å². The van der Waals surface area contributed by atoms with Crippen LogP contribution >= 0.6 is 0 Å². The first kappa shape index (κ1) is 19.0. The van der Waals surface area contributed by atoms with Gasteiger partial charge in [0, 0.05) is 17.0 Å². The first-order valence-corrected chi connectivity index (χ1v) is 8.89. The second-order valence-electron chi connectivity index (χ2n) is 7.75. The molecule has 1 amide bonds. The first-order chi connectivity index (χ1) is 12.7. The van der Waals surface area contributed by atoms with E-state index in [0.29, 0.717) is 23.7 Å². The summed E-state index contributed by atoms with van der Waals surface area (Å²) in [4.78, 5) is 11.2. The standard InChI is InChI=1S/C21H24FNO4/c1-12(2)27-16-8-14(7-15(22)10-16)13-5-6-17-18(9-13)26-11-21(3,4)19(17)23-20(24)25/h5-10,12,19,23H,11H2,1-4H3,(H,24,25). The molecule has 1 atom stereocenters. The number of benzene rings is 2. The van der Waals surface area contributed by atoms with Gasteiger partial charge in [-0.3, -0.25) is 0 Å². The van der Waals surface area contributed by atoms with E-state index in [-0.39, 0.29) is 23.4 Å². The first-order valence-electron chi connectivity index (χ1n) is 8.89. The summed E-state index contributed by atoms with van der Waals surface area (Å²) in [5.74, 6) is 0.680. The number of hydrogen-bond acceptors (Lipinski definition) is 3. The molecule has 6 heteroatoms. The molecule has 1 aliphatic heterocycles. The molecule has 0 fully saturated rings. The molecule has 3 rings (SSSR count). The number of nitrogens with one attached hydrogen (secondary N) is 1. The molecule has 1 aliphatic rings. The maximum absolute atomic E-state index is 14.0. The van der Waals surface area contributed by atoms with Crippen LogP contribution in [0.1, 0.15) is 39.3 Å². The minimum absolute atomic E-state index is 0.0587. The van der Waals surface area contributed by atoms with E-state index in [4.69, 9.17) is 9.47 Å². The van der Waals surface area contributed by atoms with Crippen molar-refractivity contribution in [3.8, 4) is 22.6 Å². The van der Waals surface area contributed by atoms with E-state index >= 15 is 0 Å². The molecule has 1 unspecified atom stereocenters. The molecule has 2 aromatic carbocycles. The minimum atomic E-state index is -1.08. The van der Waals surface area contributed by atoms with Crippen molar-refractivity contribution in [3.63, 3.8) is 0 Å². The lowest BCUT2D eigenvalue weighted by atomic mass is 9.78. The van der Waals surface area contributed by atoms with Crippen molar-refractivity contribution >= 4 is 6.09 Å². The van der Waals surface area contributed by atoms with E-state index in [1.807, 2.05) is 45.9 Å². The number of carboxylic acid groups (broad SMARTS) is 1. The highest BCUT2D eigenvalue weighted by Gasteiger charge is 2.38. The molecule has 0 bridgehead atoms. The Balaban J connectivity index is 1.99. The largest absolute Gasteiger partial charge is 0.493 e. The maximum atomic E-state index is 14.0. The fraction of sp³-hybridized carbons (Fsp3) is 0.381. The van der Waals surface area contributed by atoms with Gasteiger partial charge in [-0.15, -0.1) is 0 Å². The van der Waals surface area contributed by atoms with Gasteiger partial charge >= 0.3 is 6.09 Å². The summed E-state index contributed by atoms with van der Waals surface area (Å²) < 4.78 is 25.5. The number of rotatable bonds is 4. The lowest BCUT2D eigenvalue weighted by Crippen LogP contribution is -2.43. The molecule has 0 aromatic heterocycles. The summed E-state index contributed by atoms with van der Waals surface area (Å²) in [6, 6.07) is 9.68. The average Bonchev–Trinajstić information content (AvgIpc) is 2.55. The van der Waals surface area contributed by atoms with Crippen LogP contribution in [0.4, 0.5) is 9.18 Å². The van der Waals surface area contributed by atoms with Gasteiger partial charge in [-0.25, -0.2) is 9.18 Å². The third kappa shape index (κ3) is 4.15. The van der Waals surface area contributed by atoms with Gasteiger partial charge in [0.25, 0.3) is 0 Å². The molecule has 2 aromatic rings. The Morgan fingerprint density at radius 1 is 1.26 bits per heavy atom. The quantitative estimate of drug-likeness (QED) is 0.791. The van der Waals surface area contributed by atoms with Crippen molar-refractivity contribution in [2.45, 2.75) is 39.8 Å². The zero-order valence-corrected chi connectivity index (χ0v) is 15.9. The number of amides is 1. The number of fused-ring (bicyclic) bond motifs is 1. The smallest absolute Gasteiger partial charge is 0.405 e. The molecule has 27 heavy (non-hydrogen) atoms. The molecular formula is C21H24FNO4. The molecule has 1 heterocycles. The van der Waals surface area contributed by atoms with Crippen LogP contribution in [0.5, 0.6) is 11.5 Å². The second kappa shape index (κ2) is 7.10. The van der Waals surface area contributed by atoms with Crippen LogP contribution in [0.15, 0.2) is 36.4 Å². The maximum Gasteiger partial charge on any atom is 0.405 e. The van der Waals surface area contributed by atoms with Crippen LogP contribution in [0.25, 0.3) is 11.1 Å². The highest BCUT2D eigenvalue weighted by molar-refractivity contribution is 5.69. The lowest BCUT2D eigenvalue weighted by molar-refractivity contribution is 0.0996. The predicted molar refractivity (Wildman–Crippen MR) is 101 cm³/mol. The summed E-state index contributed by atoms with van der Waals surface area (Å²) in [6.45, 7) is 8.04. The van der Waals surface area contributed by atoms with Crippen molar-refractivity contribution in [1.82, 2.24) is 5.32 Å². The minimum Gasteiger partial charge on any atom is -0.493 e. The van der Waals surface area contributed by atoms with E-state index in [2.05, 4.69) is 5.32 Å². The Bertz CT molecular complexity index is 863. The fourth-order valence-electron chi connectivity index (χ4n) is 3.31. The average molecular weight is 373 g/mol. The lowest BCUT2D eigenvalue weighted by Gasteiger charge is -2.39. The zero-order chi connectivity index (χ0) is 19.8.